The Hall–Kier alpha value is 0.135. The second kappa shape index (κ2) is 7.43. The van der Waals surface area contributed by atoms with Gasteiger partial charge in [-0.1, -0.05) is 12.8 Å². The first-order chi connectivity index (χ1) is 5.63. The Morgan fingerprint density at radius 1 is 0.857 bits per heavy atom. The van der Waals surface area contributed by atoms with E-state index in [9.17, 15) is 9.59 Å². The first-order valence-electron chi connectivity index (χ1n) is 4.08. The summed E-state index contributed by atoms with van der Waals surface area (Å²) in [4.78, 5) is 21.2. The van der Waals surface area contributed by atoms with Crippen molar-refractivity contribution in [3.63, 3.8) is 0 Å². The van der Waals surface area contributed by atoms with Crippen molar-refractivity contribution in [2.24, 2.45) is 11.8 Å². The topological polar surface area (TPSA) is 74.6 Å². The van der Waals surface area contributed by atoms with E-state index in [1.807, 2.05) is 0 Å². The second-order valence-electron chi connectivity index (χ2n) is 3.17. The molecule has 0 aromatic heterocycles. The van der Waals surface area contributed by atoms with Crippen LogP contribution >= 0.6 is 0 Å². The van der Waals surface area contributed by atoms with Crippen LogP contribution in [0.4, 0.5) is 0 Å². The Kier molecular flexibility index (Phi) is 8.79. The maximum absolute atomic E-state index is 10.6. The summed E-state index contributed by atoms with van der Waals surface area (Å²) in [5.41, 5.74) is 0. The number of hydrogen-bond acceptors (Lipinski definition) is 2. The summed E-state index contributed by atoms with van der Waals surface area (Å²) in [6.45, 7) is 0. The molecular weight excluding hydrogens is 174 g/mol. The Labute approximate surface area is 107 Å². The maximum atomic E-state index is 10.6. The van der Waals surface area contributed by atoms with Gasteiger partial charge >= 0.3 is 49.7 Å². The predicted molar refractivity (Wildman–Crippen MR) is 55.0 cm³/mol. The summed E-state index contributed by atoms with van der Waals surface area (Å²) in [6, 6.07) is 0. The molecule has 2 atom stereocenters. The van der Waals surface area contributed by atoms with Crippen molar-refractivity contribution in [2.75, 3.05) is 0 Å². The molecule has 0 aliphatic heterocycles. The molecule has 0 aromatic rings. The van der Waals surface area contributed by atoms with Gasteiger partial charge < -0.3 is 10.2 Å². The predicted octanol–water partition coefficient (Wildman–Crippen LogP) is -0.335. The van der Waals surface area contributed by atoms with Gasteiger partial charge in [0.25, 0.3) is 0 Å². The van der Waals surface area contributed by atoms with E-state index in [0.29, 0.717) is 12.8 Å². The minimum atomic E-state index is -0.970. The van der Waals surface area contributed by atoms with Gasteiger partial charge in [-0.05, 0) is 12.8 Å². The molecule has 0 aromatic carbocycles. The molecule has 1 rings (SSSR count). The summed E-state index contributed by atoms with van der Waals surface area (Å²) in [5, 5.41) is 17.4. The fourth-order valence-electron chi connectivity index (χ4n) is 1.72. The second-order valence-corrected chi connectivity index (χ2v) is 3.17. The van der Waals surface area contributed by atoms with Crippen LogP contribution in [0.25, 0.3) is 0 Å². The van der Waals surface area contributed by atoms with Crippen molar-refractivity contribution < 1.29 is 19.8 Å². The van der Waals surface area contributed by atoms with Crippen molar-refractivity contribution in [3.8, 4) is 0 Å². The summed E-state index contributed by atoms with van der Waals surface area (Å²) in [6.07, 6.45) is 2.68. The normalized spacial score (nSPS) is 25.4. The molecule has 1 saturated carbocycles. The molecule has 0 heterocycles. The summed E-state index contributed by atoms with van der Waals surface area (Å²) < 4.78 is 0. The van der Waals surface area contributed by atoms with E-state index < -0.39 is 23.8 Å². The molecule has 1 fully saturated rings. The first kappa shape index (κ1) is 16.6. The van der Waals surface area contributed by atoms with Gasteiger partial charge in [0.05, 0.1) is 11.8 Å². The van der Waals surface area contributed by atoms with Crippen LogP contribution in [0.5, 0.6) is 0 Å². The van der Waals surface area contributed by atoms with Crippen molar-refractivity contribution in [2.45, 2.75) is 25.7 Å². The van der Waals surface area contributed by atoms with Crippen LogP contribution < -0.4 is 0 Å². The quantitative estimate of drug-likeness (QED) is 0.581. The van der Waals surface area contributed by atoms with Crippen LogP contribution in [0.15, 0.2) is 0 Å². The van der Waals surface area contributed by atoms with Gasteiger partial charge in [0, 0.05) is 0 Å². The number of carbonyl (C=O) groups is 2. The molecule has 14 heavy (non-hydrogen) atoms. The Bertz CT molecular complexity index is 186. The van der Waals surface area contributed by atoms with Crippen LogP contribution in [0, 0.1) is 11.8 Å². The molecule has 0 spiro atoms. The van der Waals surface area contributed by atoms with Crippen LogP contribution in [0.2, 0.25) is 0 Å². The SMILES string of the molecule is O=C(O)C1CCCCC1C(=O)O.[LiH].[LiH]. The van der Waals surface area contributed by atoms with E-state index in [4.69, 9.17) is 10.2 Å². The van der Waals surface area contributed by atoms with E-state index in [1.165, 1.54) is 0 Å². The summed E-state index contributed by atoms with van der Waals surface area (Å²) in [7, 11) is 0. The summed E-state index contributed by atoms with van der Waals surface area (Å²) in [5.74, 6) is -3.28. The van der Waals surface area contributed by atoms with Crippen LogP contribution in [-0.4, -0.2) is 59.9 Å². The van der Waals surface area contributed by atoms with Crippen LogP contribution in [-0.2, 0) is 9.59 Å². The monoisotopic (exact) mass is 188 g/mol. The molecule has 1 aliphatic carbocycles. The fraction of sp³-hybridized carbons (Fsp3) is 0.750. The number of rotatable bonds is 2. The summed E-state index contributed by atoms with van der Waals surface area (Å²) >= 11 is 0. The molecule has 6 heteroatoms. The number of carboxylic acid groups (broad SMARTS) is 2. The minimum absolute atomic E-state index is 0. The molecule has 72 valence electrons. The molecule has 0 saturated heterocycles. The van der Waals surface area contributed by atoms with Crippen molar-refractivity contribution in [1.82, 2.24) is 0 Å². The van der Waals surface area contributed by atoms with E-state index >= 15 is 0 Å². The average molecular weight is 188 g/mol. The average Bonchev–Trinajstić information content (AvgIpc) is 2.04. The first-order valence-corrected chi connectivity index (χ1v) is 4.08. The molecular formula is C8H14Li2O4. The zero-order valence-electron chi connectivity index (χ0n) is 6.69. The van der Waals surface area contributed by atoms with Gasteiger partial charge in [0.2, 0.25) is 0 Å². The Morgan fingerprint density at radius 2 is 1.14 bits per heavy atom. The Balaban J connectivity index is 0. The van der Waals surface area contributed by atoms with Crippen molar-refractivity contribution >= 4 is 49.7 Å². The van der Waals surface area contributed by atoms with Crippen molar-refractivity contribution in [3.05, 3.63) is 0 Å². The standard InChI is InChI=1S/C8H12O4.2Li.2H/c9-7(10)5-3-1-2-4-6(5)8(11)12;;;;/h5-6H,1-4H2,(H,9,10)(H,11,12);;;;. The molecule has 1 aliphatic rings. The van der Waals surface area contributed by atoms with E-state index in [2.05, 4.69) is 0 Å². The van der Waals surface area contributed by atoms with Gasteiger partial charge in [-0.2, -0.15) is 0 Å². The molecule has 0 bridgehead atoms. The third-order valence-corrected chi connectivity index (χ3v) is 2.40. The van der Waals surface area contributed by atoms with Crippen LogP contribution in [0.1, 0.15) is 25.7 Å². The molecule has 2 unspecified atom stereocenters. The van der Waals surface area contributed by atoms with Gasteiger partial charge in [0.15, 0.2) is 0 Å². The Morgan fingerprint density at radius 3 is 1.36 bits per heavy atom. The van der Waals surface area contributed by atoms with E-state index in [1.54, 1.807) is 0 Å². The van der Waals surface area contributed by atoms with Crippen molar-refractivity contribution in [1.29, 1.82) is 0 Å². The van der Waals surface area contributed by atoms with Crippen LogP contribution in [0.3, 0.4) is 0 Å². The fourth-order valence-corrected chi connectivity index (χ4v) is 1.72. The molecule has 4 nitrogen and oxygen atoms in total. The number of hydrogen-bond donors (Lipinski definition) is 2. The zero-order valence-corrected chi connectivity index (χ0v) is 6.69. The van der Waals surface area contributed by atoms with Gasteiger partial charge in [-0.25, -0.2) is 0 Å². The van der Waals surface area contributed by atoms with E-state index in [0.717, 1.165) is 12.8 Å². The molecule has 2 N–H and O–H groups in total. The van der Waals surface area contributed by atoms with E-state index in [-0.39, 0.29) is 37.7 Å². The third-order valence-electron chi connectivity index (χ3n) is 2.40. The number of aliphatic carboxylic acids is 2. The number of carboxylic acids is 2. The molecule has 0 radical (unpaired) electrons. The third kappa shape index (κ3) is 4.11. The zero-order chi connectivity index (χ0) is 9.14. The van der Waals surface area contributed by atoms with Gasteiger partial charge in [-0.3, -0.25) is 9.59 Å². The van der Waals surface area contributed by atoms with Gasteiger partial charge in [-0.15, -0.1) is 0 Å². The van der Waals surface area contributed by atoms with Gasteiger partial charge in [0.1, 0.15) is 0 Å². The molecule has 0 amide bonds.